The number of anilines is 1. The van der Waals surface area contributed by atoms with Crippen LogP contribution in [0.4, 0.5) is 5.82 Å². The summed E-state index contributed by atoms with van der Waals surface area (Å²) < 4.78 is 0. The number of aliphatic hydroxyl groups is 1. The molecule has 1 atom stereocenters. The Hall–Kier alpha value is -1.16. The van der Waals surface area contributed by atoms with E-state index in [2.05, 4.69) is 29.1 Å². The third kappa shape index (κ3) is 4.74. The minimum Gasteiger partial charge on any atom is -0.391 e. The highest BCUT2D eigenvalue weighted by atomic mass is 16.3. The van der Waals surface area contributed by atoms with Crippen molar-refractivity contribution in [1.29, 1.82) is 0 Å². The molecule has 2 N–H and O–H groups in total. The second kappa shape index (κ2) is 5.66. The Morgan fingerprint density at radius 2 is 2.20 bits per heavy atom. The van der Waals surface area contributed by atoms with Gasteiger partial charge < -0.3 is 10.4 Å². The van der Waals surface area contributed by atoms with Gasteiger partial charge in [-0.15, -0.1) is 0 Å². The maximum atomic E-state index is 9.64. The number of nitrogens with one attached hydrogen (secondary N) is 1. The lowest BCUT2D eigenvalue weighted by molar-refractivity contribution is 0.161. The van der Waals surface area contributed by atoms with E-state index in [4.69, 9.17) is 0 Å². The highest BCUT2D eigenvalue weighted by molar-refractivity contribution is 5.32. The quantitative estimate of drug-likeness (QED) is 0.773. The summed E-state index contributed by atoms with van der Waals surface area (Å²) >= 11 is 0. The minimum atomic E-state index is -0.319. The normalized spacial score (nSPS) is 12.9. The number of aryl methyl sites for hydroxylation is 1. The van der Waals surface area contributed by atoms with Gasteiger partial charge in [0.2, 0.25) is 0 Å². The minimum absolute atomic E-state index is 0.319. The molecule has 1 unspecified atom stereocenters. The van der Waals surface area contributed by atoms with Crippen molar-refractivity contribution in [3.8, 4) is 0 Å². The van der Waals surface area contributed by atoms with Gasteiger partial charge in [-0.05, 0) is 25.3 Å². The Labute approximate surface area is 90.8 Å². The van der Waals surface area contributed by atoms with E-state index in [-0.39, 0.29) is 6.10 Å². The van der Waals surface area contributed by atoms with Gasteiger partial charge >= 0.3 is 0 Å². The van der Waals surface area contributed by atoms with Crippen molar-refractivity contribution in [2.45, 2.75) is 33.3 Å². The van der Waals surface area contributed by atoms with Crippen molar-refractivity contribution in [3.63, 3.8) is 0 Å². The number of aromatic nitrogens is 2. The van der Waals surface area contributed by atoms with E-state index in [0.29, 0.717) is 12.5 Å². The van der Waals surface area contributed by atoms with Crippen molar-refractivity contribution < 1.29 is 5.11 Å². The summed E-state index contributed by atoms with van der Waals surface area (Å²) in [6, 6.07) is 1.80. The fourth-order valence-corrected chi connectivity index (χ4v) is 1.40. The molecule has 84 valence electrons. The zero-order valence-corrected chi connectivity index (χ0v) is 9.57. The summed E-state index contributed by atoms with van der Waals surface area (Å²) in [6.07, 6.45) is 2.19. The Kier molecular flexibility index (Phi) is 4.49. The molecule has 4 nitrogen and oxygen atoms in total. The molecule has 1 heterocycles. The Morgan fingerprint density at radius 3 is 2.80 bits per heavy atom. The number of hydrogen-bond acceptors (Lipinski definition) is 4. The second-order valence-electron chi connectivity index (χ2n) is 4.15. The lowest BCUT2D eigenvalue weighted by Gasteiger charge is -2.14. The van der Waals surface area contributed by atoms with Gasteiger partial charge in [-0.2, -0.15) is 0 Å². The van der Waals surface area contributed by atoms with Crippen LogP contribution in [0, 0.1) is 12.8 Å². The zero-order valence-electron chi connectivity index (χ0n) is 9.57. The number of hydrogen-bond donors (Lipinski definition) is 2. The van der Waals surface area contributed by atoms with Crippen molar-refractivity contribution in [1.82, 2.24) is 9.97 Å². The molecule has 1 rings (SSSR count). The van der Waals surface area contributed by atoms with Crippen LogP contribution >= 0.6 is 0 Å². The fourth-order valence-electron chi connectivity index (χ4n) is 1.40. The first-order valence-electron chi connectivity index (χ1n) is 5.29. The van der Waals surface area contributed by atoms with Crippen LogP contribution in [-0.2, 0) is 0 Å². The van der Waals surface area contributed by atoms with E-state index in [1.165, 1.54) is 0 Å². The van der Waals surface area contributed by atoms with Gasteiger partial charge in [0, 0.05) is 12.7 Å². The predicted molar refractivity (Wildman–Crippen MR) is 60.7 cm³/mol. The van der Waals surface area contributed by atoms with Crippen molar-refractivity contribution in [3.05, 3.63) is 18.1 Å². The third-order valence-corrected chi connectivity index (χ3v) is 2.04. The predicted octanol–water partition coefficient (Wildman–Crippen LogP) is 1.60. The van der Waals surface area contributed by atoms with E-state index in [1.807, 2.05) is 6.92 Å². The highest BCUT2D eigenvalue weighted by Gasteiger charge is 2.06. The molecule has 0 bridgehead atoms. The SMILES string of the molecule is Cc1nccc(NCC(O)CC(C)C)n1. The van der Waals surface area contributed by atoms with Crippen LogP contribution in [-0.4, -0.2) is 27.7 Å². The Balaban J connectivity index is 2.36. The largest absolute Gasteiger partial charge is 0.391 e. The van der Waals surface area contributed by atoms with Crippen molar-refractivity contribution >= 4 is 5.82 Å². The van der Waals surface area contributed by atoms with E-state index >= 15 is 0 Å². The lowest BCUT2D eigenvalue weighted by atomic mass is 10.1. The molecule has 0 spiro atoms. The topological polar surface area (TPSA) is 58.0 Å². The maximum Gasteiger partial charge on any atom is 0.129 e. The first-order chi connectivity index (χ1) is 7.08. The molecule has 0 amide bonds. The molecule has 1 aromatic heterocycles. The van der Waals surface area contributed by atoms with Crippen molar-refractivity contribution in [2.75, 3.05) is 11.9 Å². The van der Waals surface area contributed by atoms with E-state index < -0.39 is 0 Å². The van der Waals surface area contributed by atoms with Gasteiger partial charge in [0.15, 0.2) is 0 Å². The molecule has 15 heavy (non-hydrogen) atoms. The first kappa shape index (κ1) is 11.9. The molecule has 0 radical (unpaired) electrons. The molecule has 0 saturated heterocycles. The summed E-state index contributed by atoms with van der Waals surface area (Å²) in [6.45, 7) is 6.57. The van der Waals surface area contributed by atoms with Crippen LogP contribution in [0.3, 0.4) is 0 Å². The van der Waals surface area contributed by atoms with E-state index in [9.17, 15) is 5.11 Å². The summed E-state index contributed by atoms with van der Waals surface area (Å²) in [7, 11) is 0. The molecular formula is C11H19N3O. The molecule has 0 fully saturated rings. The summed E-state index contributed by atoms with van der Waals surface area (Å²) in [4.78, 5) is 8.19. The van der Waals surface area contributed by atoms with Gasteiger partial charge in [0.1, 0.15) is 11.6 Å². The fraction of sp³-hybridized carbons (Fsp3) is 0.636. The van der Waals surface area contributed by atoms with Crippen LogP contribution in [0.5, 0.6) is 0 Å². The smallest absolute Gasteiger partial charge is 0.129 e. The van der Waals surface area contributed by atoms with Crippen LogP contribution < -0.4 is 5.32 Å². The van der Waals surface area contributed by atoms with Gasteiger partial charge in [0.05, 0.1) is 6.10 Å². The summed E-state index contributed by atoms with van der Waals surface area (Å²) in [5.74, 6) is 2.01. The van der Waals surface area contributed by atoms with E-state index in [1.54, 1.807) is 12.3 Å². The van der Waals surface area contributed by atoms with Crippen LogP contribution in [0.15, 0.2) is 12.3 Å². The molecule has 4 heteroatoms. The lowest BCUT2D eigenvalue weighted by Crippen LogP contribution is -2.21. The molecule has 0 aromatic carbocycles. The molecule has 0 saturated carbocycles. The van der Waals surface area contributed by atoms with Crippen molar-refractivity contribution in [2.24, 2.45) is 5.92 Å². The Bertz CT molecular complexity index is 302. The third-order valence-electron chi connectivity index (χ3n) is 2.04. The standard InChI is InChI=1S/C11H19N3O/c1-8(2)6-10(15)7-13-11-4-5-12-9(3)14-11/h4-5,8,10,15H,6-7H2,1-3H3,(H,12,13,14). The number of nitrogens with zero attached hydrogens (tertiary/aromatic N) is 2. The molecule has 0 aliphatic carbocycles. The van der Waals surface area contributed by atoms with Gasteiger partial charge in [0.25, 0.3) is 0 Å². The van der Waals surface area contributed by atoms with Crippen LogP contribution in [0.2, 0.25) is 0 Å². The summed E-state index contributed by atoms with van der Waals surface area (Å²) in [5.41, 5.74) is 0. The van der Waals surface area contributed by atoms with E-state index in [0.717, 1.165) is 18.1 Å². The molecule has 0 aliphatic rings. The second-order valence-corrected chi connectivity index (χ2v) is 4.15. The van der Waals surface area contributed by atoms with Gasteiger partial charge in [-0.1, -0.05) is 13.8 Å². The molecular weight excluding hydrogens is 190 g/mol. The molecule has 1 aromatic rings. The average molecular weight is 209 g/mol. The first-order valence-corrected chi connectivity index (χ1v) is 5.29. The number of rotatable bonds is 5. The maximum absolute atomic E-state index is 9.64. The van der Waals surface area contributed by atoms with Gasteiger partial charge in [-0.25, -0.2) is 9.97 Å². The number of aliphatic hydroxyl groups excluding tert-OH is 1. The summed E-state index contributed by atoms with van der Waals surface area (Å²) in [5, 5.41) is 12.7. The highest BCUT2D eigenvalue weighted by Crippen LogP contribution is 2.06. The average Bonchev–Trinajstić information content (AvgIpc) is 2.14. The van der Waals surface area contributed by atoms with Crippen LogP contribution in [0.25, 0.3) is 0 Å². The monoisotopic (exact) mass is 209 g/mol. The van der Waals surface area contributed by atoms with Crippen LogP contribution in [0.1, 0.15) is 26.1 Å². The van der Waals surface area contributed by atoms with Gasteiger partial charge in [-0.3, -0.25) is 0 Å². The zero-order chi connectivity index (χ0) is 11.3. The Morgan fingerprint density at radius 1 is 1.47 bits per heavy atom. The molecule has 0 aliphatic heterocycles.